The molecule has 0 unspecified atom stereocenters. The van der Waals surface area contributed by atoms with Gasteiger partial charge in [-0.05, 0) is 23.8 Å². The molecule has 17 heavy (non-hydrogen) atoms. The van der Waals surface area contributed by atoms with Gasteiger partial charge in [0.2, 0.25) is 0 Å². The molecule has 0 radical (unpaired) electrons. The fourth-order valence-electron chi connectivity index (χ4n) is 1.45. The van der Waals surface area contributed by atoms with E-state index in [9.17, 15) is 4.79 Å². The number of nitrogens with zero attached hydrogens (tertiary/aromatic N) is 1. The first-order valence-electron chi connectivity index (χ1n) is 5.37. The molecule has 0 saturated carbocycles. The van der Waals surface area contributed by atoms with Crippen LogP contribution in [-0.2, 0) is 6.54 Å². The van der Waals surface area contributed by atoms with Crippen LogP contribution in [0.15, 0.2) is 48.8 Å². The first kappa shape index (κ1) is 11.4. The lowest BCUT2D eigenvalue weighted by Crippen LogP contribution is -2.17. The minimum absolute atomic E-state index is 0.0166. The number of nitrogens with two attached hydrogens (primary N) is 1. The summed E-state index contributed by atoms with van der Waals surface area (Å²) in [4.78, 5) is 11.7. The van der Waals surface area contributed by atoms with Crippen LogP contribution in [0.4, 0.5) is 0 Å². The van der Waals surface area contributed by atoms with E-state index in [2.05, 4.69) is 0 Å². The predicted molar refractivity (Wildman–Crippen MR) is 64.9 cm³/mol. The monoisotopic (exact) mass is 230 g/mol. The summed E-state index contributed by atoms with van der Waals surface area (Å²) >= 11 is 0. The standard InChI is InChI=1S/C13H14N2O2/c14-8-11-6-7-15(9-11)13(16)10-17-12-4-2-1-3-5-12/h1-7,9H,8,10,14H2. The van der Waals surface area contributed by atoms with Gasteiger partial charge in [0.15, 0.2) is 6.61 Å². The minimum atomic E-state index is -0.117. The van der Waals surface area contributed by atoms with E-state index in [1.54, 1.807) is 12.4 Å². The predicted octanol–water partition coefficient (Wildman–Crippen LogP) is 1.67. The highest BCUT2D eigenvalue weighted by Crippen LogP contribution is 2.08. The molecular formula is C13H14N2O2. The lowest BCUT2D eigenvalue weighted by Gasteiger charge is -2.05. The van der Waals surface area contributed by atoms with Crippen molar-refractivity contribution in [2.45, 2.75) is 6.54 Å². The second-order valence-corrected chi connectivity index (χ2v) is 3.63. The molecule has 4 nitrogen and oxygen atoms in total. The Hall–Kier alpha value is -2.07. The van der Waals surface area contributed by atoms with Crippen LogP contribution < -0.4 is 10.5 Å². The summed E-state index contributed by atoms with van der Waals surface area (Å²) in [6.07, 6.45) is 3.41. The van der Waals surface area contributed by atoms with Gasteiger partial charge in [-0.3, -0.25) is 9.36 Å². The van der Waals surface area contributed by atoms with Crippen LogP contribution in [0, 0.1) is 0 Å². The Kier molecular flexibility index (Phi) is 3.57. The summed E-state index contributed by atoms with van der Waals surface area (Å²) in [6, 6.07) is 11.1. The zero-order chi connectivity index (χ0) is 12.1. The van der Waals surface area contributed by atoms with Crippen molar-refractivity contribution in [1.29, 1.82) is 0 Å². The molecule has 0 bridgehead atoms. The van der Waals surface area contributed by atoms with Crippen LogP contribution in [0.5, 0.6) is 5.75 Å². The second kappa shape index (κ2) is 5.32. The molecule has 0 aliphatic heterocycles. The van der Waals surface area contributed by atoms with Crippen molar-refractivity contribution in [3.8, 4) is 5.75 Å². The van der Waals surface area contributed by atoms with Crippen molar-refractivity contribution >= 4 is 5.91 Å². The number of hydrogen-bond acceptors (Lipinski definition) is 3. The molecule has 0 fully saturated rings. The molecule has 0 atom stereocenters. The maximum atomic E-state index is 11.7. The van der Waals surface area contributed by atoms with Crippen molar-refractivity contribution in [3.63, 3.8) is 0 Å². The molecule has 0 saturated heterocycles. The van der Waals surface area contributed by atoms with Crippen LogP contribution in [0.1, 0.15) is 10.4 Å². The highest BCUT2D eigenvalue weighted by atomic mass is 16.5. The van der Waals surface area contributed by atoms with E-state index in [1.165, 1.54) is 4.57 Å². The number of para-hydroxylation sites is 1. The van der Waals surface area contributed by atoms with Gasteiger partial charge in [-0.15, -0.1) is 0 Å². The molecule has 1 heterocycles. The molecule has 0 aliphatic rings. The van der Waals surface area contributed by atoms with Crippen LogP contribution in [-0.4, -0.2) is 17.1 Å². The van der Waals surface area contributed by atoms with Crippen LogP contribution in [0.3, 0.4) is 0 Å². The lowest BCUT2D eigenvalue weighted by molar-refractivity contribution is 0.0838. The number of rotatable bonds is 4. The minimum Gasteiger partial charge on any atom is -0.484 e. The Labute approximate surface area is 99.6 Å². The van der Waals surface area contributed by atoms with Crippen molar-refractivity contribution in [3.05, 3.63) is 54.4 Å². The van der Waals surface area contributed by atoms with Gasteiger partial charge in [0.1, 0.15) is 5.75 Å². The molecule has 1 aromatic carbocycles. The third-order valence-corrected chi connectivity index (χ3v) is 2.38. The maximum absolute atomic E-state index is 11.7. The molecule has 0 aliphatic carbocycles. The van der Waals surface area contributed by atoms with E-state index in [-0.39, 0.29) is 12.5 Å². The van der Waals surface area contributed by atoms with E-state index >= 15 is 0 Å². The first-order chi connectivity index (χ1) is 8.29. The van der Waals surface area contributed by atoms with Gasteiger partial charge in [0.25, 0.3) is 5.91 Å². The Morgan fingerprint density at radius 3 is 2.65 bits per heavy atom. The smallest absolute Gasteiger partial charge is 0.268 e. The zero-order valence-corrected chi connectivity index (χ0v) is 9.37. The Bertz CT molecular complexity index is 491. The van der Waals surface area contributed by atoms with Gasteiger partial charge >= 0.3 is 0 Å². The van der Waals surface area contributed by atoms with E-state index in [0.717, 1.165) is 5.56 Å². The molecule has 4 heteroatoms. The highest BCUT2D eigenvalue weighted by Gasteiger charge is 2.05. The number of hydrogen-bond donors (Lipinski definition) is 1. The number of benzene rings is 1. The molecule has 88 valence electrons. The van der Waals surface area contributed by atoms with Gasteiger partial charge in [-0.1, -0.05) is 18.2 Å². The van der Waals surface area contributed by atoms with Crippen LogP contribution in [0.25, 0.3) is 0 Å². The third kappa shape index (κ3) is 2.95. The maximum Gasteiger partial charge on any atom is 0.268 e. The first-order valence-corrected chi connectivity index (χ1v) is 5.37. The lowest BCUT2D eigenvalue weighted by atomic mass is 10.3. The number of aromatic nitrogens is 1. The third-order valence-electron chi connectivity index (χ3n) is 2.38. The average molecular weight is 230 g/mol. The van der Waals surface area contributed by atoms with Gasteiger partial charge in [-0.25, -0.2) is 0 Å². The Morgan fingerprint density at radius 2 is 2.00 bits per heavy atom. The summed E-state index contributed by atoms with van der Waals surface area (Å²) < 4.78 is 6.85. The topological polar surface area (TPSA) is 57.2 Å². The summed E-state index contributed by atoms with van der Waals surface area (Å²) in [7, 11) is 0. The Morgan fingerprint density at radius 1 is 1.24 bits per heavy atom. The van der Waals surface area contributed by atoms with Crippen LogP contribution in [0.2, 0.25) is 0 Å². The van der Waals surface area contributed by atoms with Crippen LogP contribution >= 0.6 is 0 Å². The fourth-order valence-corrected chi connectivity index (χ4v) is 1.45. The largest absolute Gasteiger partial charge is 0.484 e. The molecule has 0 spiro atoms. The number of carbonyl (C=O) groups is 1. The van der Waals surface area contributed by atoms with Crippen molar-refractivity contribution in [2.24, 2.45) is 5.73 Å². The number of carbonyl (C=O) groups excluding carboxylic acids is 1. The summed E-state index contributed by atoms with van der Waals surface area (Å²) in [5, 5.41) is 0. The van der Waals surface area contributed by atoms with Crippen molar-refractivity contribution in [1.82, 2.24) is 4.57 Å². The molecule has 2 aromatic rings. The normalized spacial score (nSPS) is 10.2. The molecule has 2 N–H and O–H groups in total. The fraction of sp³-hybridized carbons (Fsp3) is 0.154. The van der Waals surface area contributed by atoms with Crippen molar-refractivity contribution in [2.75, 3.05) is 6.61 Å². The summed E-state index contributed by atoms with van der Waals surface area (Å²) in [5.74, 6) is 0.570. The van der Waals surface area contributed by atoms with Gasteiger partial charge < -0.3 is 10.5 Å². The highest BCUT2D eigenvalue weighted by molar-refractivity contribution is 5.80. The molecule has 1 aromatic heterocycles. The average Bonchev–Trinajstić information content (AvgIpc) is 2.86. The molecule has 0 amide bonds. The summed E-state index contributed by atoms with van der Waals surface area (Å²) in [6.45, 7) is 0.447. The SMILES string of the molecule is NCc1ccn(C(=O)COc2ccccc2)c1. The van der Waals surface area contributed by atoms with Gasteiger partial charge in [-0.2, -0.15) is 0 Å². The van der Waals surface area contributed by atoms with E-state index < -0.39 is 0 Å². The number of ether oxygens (including phenoxy) is 1. The zero-order valence-electron chi connectivity index (χ0n) is 9.37. The van der Waals surface area contributed by atoms with Gasteiger partial charge in [0, 0.05) is 18.9 Å². The summed E-state index contributed by atoms with van der Waals surface area (Å²) in [5.41, 5.74) is 6.40. The Balaban J connectivity index is 1.93. The van der Waals surface area contributed by atoms with Crippen molar-refractivity contribution < 1.29 is 9.53 Å². The second-order valence-electron chi connectivity index (χ2n) is 3.63. The molecule has 2 rings (SSSR count). The van der Waals surface area contributed by atoms with E-state index in [4.69, 9.17) is 10.5 Å². The van der Waals surface area contributed by atoms with Gasteiger partial charge in [0.05, 0.1) is 0 Å². The molecular weight excluding hydrogens is 216 g/mol. The van der Waals surface area contributed by atoms with E-state index in [0.29, 0.717) is 12.3 Å². The quantitative estimate of drug-likeness (QED) is 0.869. The van der Waals surface area contributed by atoms with E-state index in [1.807, 2.05) is 36.4 Å².